The molecule has 1 aromatic carbocycles. The Labute approximate surface area is 99.6 Å². The van der Waals surface area contributed by atoms with Gasteiger partial charge in [0, 0.05) is 0 Å². The maximum absolute atomic E-state index is 11.2. The van der Waals surface area contributed by atoms with Crippen molar-refractivity contribution >= 4 is 29.0 Å². The quantitative estimate of drug-likeness (QED) is 0.884. The number of nitrogens with one attached hydrogen (secondary N) is 1. The molecule has 82 valence electrons. The van der Waals surface area contributed by atoms with Gasteiger partial charge in [-0.1, -0.05) is 29.3 Å². The summed E-state index contributed by atoms with van der Waals surface area (Å²) in [6, 6.07) is 5.24. The minimum atomic E-state index is -0.165. The maximum atomic E-state index is 11.2. The number of likely N-dealkylation sites (N-methyl/N-ethyl adjacent to an activating group) is 1. The van der Waals surface area contributed by atoms with Crippen LogP contribution in [0.3, 0.4) is 0 Å². The second-order valence-corrected chi connectivity index (χ2v) is 4.22. The van der Waals surface area contributed by atoms with Crippen LogP contribution in [0.2, 0.25) is 10.0 Å². The molecule has 1 N–H and O–H groups in total. The van der Waals surface area contributed by atoms with E-state index in [2.05, 4.69) is 5.32 Å². The smallest absolute Gasteiger partial charge is 0.147 e. The molecule has 0 bridgehead atoms. The Morgan fingerprint density at radius 1 is 1.40 bits per heavy atom. The lowest BCUT2D eigenvalue weighted by molar-refractivity contribution is -0.118. The van der Waals surface area contributed by atoms with Crippen molar-refractivity contribution in [3.63, 3.8) is 0 Å². The lowest BCUT2D eigenvalue weighted by atomic mass is 10.0. The average Bonchev–Trinajstić information content (AvgIpc) is 2.19. The predicted octanol–water partition coefficient (Wildman–Crippen LogP) is 2.71. The van der Waals surface area contributed by atoms with E-state index in [0.717, 1.165) is 5.56 Å². The molecule has 0 amide bonds. The molecule has 0 aromatic heterocycles. The fourth-order valence-electron chi connectivity index (χ4n) is 1.35. The number of benzene rings is 1. The van der Waals surface area contributed by atoms with Gasteiger partial charge >= 0.3 is 0 Å². The van der Waals surface area contributed by atoms with E-state index >= 15 is 0 Å². The third-order valence-electron chi connectivity index (χ3n) is 2.26. The number of Topliss-reactive ketones (excluding diaryl/α,β-unsaturated/α-hetero) is 1. The number of hydrogen-bond donors (Lipinski definition) is 1. The molecular formula is C11H13Cl2NO. The summed E-state index contributed by atoms with van der Waals surface area (Å²) in [4.78, 5) is 11.2. The molecule has 1 unspecified atom stereocenters. The summed E-state index contributed by atoms with van der Waals surface area (Å²) in [5.41, 5.74) is 0.999. The van der Waals surface area contributed by atoms with E-state index in [1.165, 1.54) is 0 Å². The molecule has 0 saturated carbocycles. The lowest BCUT2D eigenvalue weighted by Crippen LogP contribution is -2.34. The molecule has 0 aliphatic carbocycles. The van der Waals surface area contributed by atoms with Gasteiger partial charge in [-0.25, -0.2) is 0 Å². The molecule has 0 heterocycles. The normalized spacial score (nSPS) is 12.5. The van der Waals surface area contributed by atoms with Gasteiger partial charge in [-0.15, -0.1) is 0 Å². The highest BCUT2D eigenvalue weighted by molar-refractivity contribution is 6.42. The van der Waals surface area contributed by atoms with Crippen LogP contribution < -0.4 is 5.32 Å². The fourth-order valence-corrected chi connectivity index (χ4v) is 1.67. The van der Waals surface area contributed by atoms with Crippen LogP contribution in [0, 0.1) is 0 Å². The van der Waals surface area contributed by atoms with Crippen LogP contribution in [0.5, 0.6) is 0 Å². The van der Waals surface area contributed by atoms with Crippen molar-refractivity contribution in [3.8, 4) is 0 Å². The van der Waals surface area contributed by atoms with Crippen molar-refractivity contribution in [1.82, 2.24) is 5.32 Å². The third kappa shape index (κ3) is 3.49. The first-order valence-electron chi connectivity index (χ1n) is 4.66. The Kier molecular flexibility index (Phi) is 4.58. The van der Waals surface area contributed by atoms with Crippen LogP contribution in [-0.4, -0.2) is 18.9 Å². The molecular weight excluding hydrogens is 233 g/mol. The van der Waals surface area contributed by atoms with Crippen molar-refractivity contribution in [2.75, 3.05) is 7.05 Å². The molecule has 0 radical (unpaired) electrons. The highest BCUT2D eigenvalue weighted by Crippen LogP contribution is 2.23. The Bertz CT molecular complexity index is 366. The van der Waals surface area contributed by atoms with Gasteiger partial charge in [0.05, 0.1) is 16.1 Å². The molecule has 0 aliphatic rings. The van der Waals surface area contributed by atoms with E-state index in [9.17, 15) is 4.79 Å². The van der Waals surface area contributed by atoms with E-state index in [4.69, 9.17) is 23.2 Å². The van der Waals surface area contributed by atoms with E-state index in [0.29, 0.717) is 16.5 Å². The summed E-state index contributed by atoms with van der Waals surface area (Å²) in [6.07, 6.45) is 0.628. The van der Waals surface area contributed by atoms with Gasteiger partial charge in [-0.2, -0.15) is 0 Å². The predicted molar refractivity (Wildman–Crippen MR) is 63.7 cm³/mol. The van der Waals surface area contributed by atoms with E-state index in [1.807, 2.05) is 6.07 Å². The standard InChI is InChI=1S/C11H13Cl2NO/c1-7(15)11(14-2)6-8-3-4-9(12)10(13)5-8/h3-5,11,14H,6H2,1-2H3. The van der Waals surface area contributed by atoms with Gasteiger partial charge < -0.3 is 5.32 Å². The van der Waals surface area contributed by atoms with Gasteiger partial charge in [0.25, 0.3) is 0 Å². The van der Waals surface area contributed by atoms with Crippen molar-refractivity contribution in [3.05, 3.63) is 33.8 Å². The Balaban J connectivity index is 2.80. The molecule has 0 fully saturated rings. The summed E-state index contributed by atoms with van der Waals surface area (Å²) < 4.78 is 0. The molecule has 1 aromatic rings. The van der Waals surface area contributed by atoms with Crippen LogP contribution in [0.4, 0.5) is 0 Å². The molecule has 4 heteroatoms. The Morgan fingerprint density at radius 3 is 2.53 bits per heavy atom. The first-order valence-corrected chi connectivity index (χ1v) is 5.42. The average molecular weight is 246 g/mol. The number of halogens is 2. The van der Waals surface area contributed by atoms with Crippen LogP contribution in [0.25, 0.3) is 0 Å². The SMILES string of the molecule is CNC(Cc1ccc(Cl)c(Cl)c1)C(C)=O. The number of hydrogen-bond acceptors (Lipinski definition) is 2. The highest BCUT2D eigenvalue weighted by Gasteiger charge is 2.12. The lowest BCUT2D eigenvalue weighted by Gasteiger charge is -2.12. The largest absolute Gasteiger partial charge is 0.310 e. The summed E-state index contributed by atoms with van der Waals surface area (Å²) in [5, 5.41) is 4.01. The second-order valence-electron chi connectivity index (χ2n) is 3.40. The zero-order chi connectivity index (χ0) is 11.4. The number of ketones is 1. The fraction of sp³-hybridized carbons (Fsp3) is 0.364. The second kappa shape index (κ2) is 5.50. The topological polar surface area (TPSA) is 29.1 Å². The van der Waals surface area contributed by atoms with Crippen LogP contribution in [0.15, 0.2) is 18.2 Å². The van der Waals surface area contributed by atoms with Gasteiger partial charge in [0.1, 0.15) is 5.78 Å². The van der Waals surface area contributed by atoms with Crippen LogP contribution in [-0.2, 0) is 11.2 Å². The van der Waals surface area contributed by atoms with Gasteiger partial charge in [-0.3, -0.25) is 4.79 Å². The van der Waals surface area contributed by atoms with Gasteiger partial charge in [-0.05, 0) is 38.1 Å². The van der Waals surface area contributed by atoms with Crippen molar-refractivity contribution in [1.29, 1.82) is 0 Å². The molecule has 0 saturated heterocycles. The van der Waals surface area contributed by atoms with Crippen molar-refractivity contribution < 1.29 is 4.79 Å². The molecule has 1 atom stereocenters. The zero-order valence-corrected chi connectivity index (χ0v) is 10.2. The summed E-state index contributed by atoms with van der Waals surface area (Å²) in [7, 11) is 1.77. The summed E-state index contributed by atoms with van der Waals surface area (Å²) >= 11 is 11.7. The van der Waals surface area contributed by atoms with Crippen molar-refractivity contribution in [2.24, 2.45) is 0 Å². The van der Waals surface area contributed by atoms with Gasteiger partial charge in [0.2, 0.25) is 0 Å². The van der Waals surface area contributed by atoms with E-state index < -0.39 is 0 Å². The first kappa shape index (κ1) is 12.5. The monoisotopic (exact) mass is 245 g/mol. The molecule has 2 nitrogen and oxygen atoms in total. The maximum Gasteiger partial charge on any atom is 0.147 e. The van der Waals surface area contributed by atoms with Crippen LogP contribution in [0.1, 0.15) is 12.5 Å². The molecule has 1 rings (SSSR count). The van der Waals surface area contributed by atoms with E-state index in [1.54, 1.807) is 26.1 Å². The Hall–Kier alpha value is -0.570. The van der Waals surface area contributed by atoms with E-state index in [-0.39, 0.29) is 11.8 Å². The van der Waals surface area contributed by atoms with Crippen molar-refractivity contribution in [2.45, 2.75) is 19.4 Å². The summed E-state index contributed by atoms with van der Waals surface area (Å²) in [6.45, 7) is 1.57. The minimum Gasteiger partial charge on any atom is -0.310 e. The number of carbonyl (C=O) groups excluding carboxylic acids is 1. The molecule has 0 aliphatic heterocycles. The third-order valence-corrected chi connectivity index (χ3v) is 3.00. The highest BCUT2D eigenvalue weighted by atomic mass is 35.5. The molecule has 0 spiro atoms. The van der Waals surface area contributed by atoms with Gasteiger partial charge in [0.15, 0.2) is 0 Å². The first-order chi connectivity index (χ1) is 7.04. The number of rotatable bonds is 4. The van der Waals surface area contributed by atoms with Crippen LogP contribution >= 0.6 is 23.2 Å². The Morgan fingerprint density at radius 2 is 2.07 bits per heavy atom. The summed E-state index contributed by atoms with van der Waals surface area (Å²) in [5.74, 6) is 0.114. The zero-order valence-electron chi connectivity index (χ0n) is 8.68. The minimum absolute atomic E-state index is 0.114. The molecule has 15 heavy (non-hydrogen) atoms. The number of carbonyl (C=O) groups is 1.